The van der Waals surface area contributed by atoms with Crippen molar-refractivity contribution in [2.45, 2.75) is 6.10 Å². The van der Waals surface area contributed by atoms with Crippen molar-refractivity contribution in [3.05, 3.63) is 58.3 Å². The van der Waals surface area contributed by atoms with E-state index in [9.17, 15) is 9.90 Å². The van der Waals surface area contributed by atoms with Gasteiger partial charge in [-0.15, -0.1) is 0 Å². The van der Waals surface area contributed by atoms with Crippen LogP contribution >= 0.6 is 23.2 Å². The van der Waals surface area contributed by atoms with Crippen molar-refractivity contribution in [3.8, 4) is 0 Å². The molecule has 1 unspecified atom stereocenters. The van der Waals surface area contributed by atoms with Crippen LogP contribution in [0.1, 0.15) is 11.7 Å². The number of aromatic nitrogens is 1. The van der Waals surface area contributed by atoms with Crippen molar-refractivity contribution in [2.24, 2.45) is 0 Å². The zero-order chi connectivity index (χ0) is 13.8. The predicted molar refractivity (Wildman–Crippen MR) is 74.3 cm³/mol. The van der Waals surface area contributed by atoms with E-state index in [1.54, 1.807) is 12.1 Å². The maximum Gasteiger partial charge on any atom is 0.257 e. The van der Waals surface area contributed by atoms with Crippen molar-refractivity contribution in [1.82, 2.24) is 4.98 Å². The van der Waals surface area contributed by atoms with Gasteiger partial charge in [0.05, 0.1) is 0 Å². The molecule has 0 aliphatic heterocycles. The van der Waals surface area contributed by atoms with Gasteiger partial charge in [-0.25, -0.2) is 0 Å². The average molecular weight is 297 g/mol. The molecule has 0 aliphatic rings. The highest BCUT2D eigenvalue weighted by Crippen LogP contribution is 2.24. The van der Waals surface area contributed by atoms with E-state index in [0.29, 0.717) is 21.3 Å². The molecule has 6 heteroatoms. The molecule has 2 N–H and O–H groups in total. The summed E-state index contributed by atoms with van der Waals surface area (Å²) < 4.78 is 0. The number of hydrogen-bond acceptors (Lipinski definition) is 3. The Morgan fingerprint density at radius 2 is 1.74 bits per heavy atom. The van der Waals surface area contributed by atoms with E-state index in [0.717, 1.165) is 0 Å². The minimum absolute atomic E-state index is 0.337. The first-order chi connectivity index (χ1) is 9.06. The summed E-state index contributed by atoms with van der Waals surface area (Å²) in [4.78, 5) is 15.7. The molecule has 0 bridgehead atoms. The first-order valence-corrected chi connectivity index (χ1v) is 6.17. The standard InChI is InChI=1S/C13H10Cl2N2O2/c14-9-5-8(6-10(15)7-9)12(18)13(19)17-11-1-3-16-4-2-11/h1-7,12,18H,(H,16,17,19). The van der Waals surface area contributed by atoms with Crippen LogP contribution in [0.3, 0.4) is 0 Å². The smallest absolute Gasteiger partial charge is 0.257 e. The van der Waals surface area contributed by atoms with Gasteiger partial charge in [0.2, 0.25) is 0 Å². The van der Waals surface area contributed by atoms with Crippen molar-refractivity contribution < 1.29 is 9.90 Å². The topological polar surface area (TPSA) is 62.2 Å². The third kappa shape index (κ3) is 3.67. The Labute approximate surface area is 120 Å². The van der Waals surface area contributed by atoms with Gasteiger partial charge in [0.25, 0.3) is 5.91 Å². The fourth-order valence-electron chi connectivity index (χ4n) is 1.53. The van der Waals surface area contributed by atoms with Crippen LogP contribution in [0.4, 0.5) is 5.69 Å². The maximum absolute atomic E-state index is 11.9. The molecule has 1 aromatic carbocycles. The number of aliphatic hydroxyl groups excluding tert-OH is 1. The Hall–Kier alpha value is -1.62. The molecule has 4 nitrogen and oxygen atoms in total. The minimum Gasteiger partial charge on any atom is -0.378 e. The molecule has 1 aromatic heterocycles. The molecule has 2 aromatic rings. The first-order valence-electron chi connectivity index (χ1n) is 5.41. The van der Waals surface area contributed by atoms with Crippen LogP contribution in [0.25, 0.3) is 0 Å². The van der Waals surface area contributed by atoms with Gasteiger partial charge in [-0.05, 0) is 35.9 Å². The Morgan fingerprint density at radius 3 is 2.32 bits per heavy atom. The summed E-state index contributed by atoms with van der Waals surface area (Å²) in [6, 6.07) is 7.75. The highest BCUT2D eigenvalue weighted by Gasteiger charge is 2.18. The van der Waals surface area contributed by atoms with Crippen LogP contribution in [-0.4, -0.2) is 16.0 Å². The summed E-state index contributed by atoms with van der Waals surface area (Å²) in [5.41, 5.74) is 0.885. The van der Waals surface area contributed by atoms with Crippen LogP contribution in [-0.2, 0) is 4.79 Å². The molecule has 98 valence electrons. The second-order valence-electron chi connectivity index (χ2n) is 3.83. The lowest BCUT2D eigenvalue weighted by Crippen LogP contribution is -2.20. The first kappa shape index (κ1) is 13.8. The summed E-state index contributed by atoms with van der Waals surface area (Å²) in [5, 5.41) is 13.2. The van der Waals surface area contributed by atoms with Crippen LogP contribution in [0, 0.1) is 0 Å². The number of rotatable bonds is 3. The SMILES string of the molecule is O=C(Nc1ccncc1)C(O)c1cc(Cl)cc(Cl)c1. The molecule has 2 rings (SSSR count). The van der Waals surface area contributed by atoms with Gasteiger partial charge in [0, 0.05) is 28.1 Å². The Morgan fingerprint density at radius 1 is 1.16 bits per heavy atom. The molecule has 0 saturated carbocycles. The van der Waals surface area contributed by atoms with E-state index in [2.05, 4.69) is 10.3 Å². The van der Waals surface area contributed by atoms with Crippen LogP contribution < -0.4 is 5.32 Å². The van der Waals surface area contributed by atoms with Gasteiger partial charge in [0.15, 0.2) is 6.10 Å². The molecule has 19 heavy (non-hydrogen) atoms. The molecule has 1 atom stereocenters. The summed E-state index contributed by atoms with van der Waals surface area (Å²) in [7, 11) is 0. The van der Waals surface area contributed by atoms with E-state index < -0.39 is 12.0 Å². The van der Waals surface area contributed by atoms with E-state index in [4.69, 9.17) is 23.2 Å². The number of nitrogens with zero attached hydrogens (tertiary/aromatic N) is 1. The second kappa shape index (κ2) is 6.02. The fourth-order valence-corrected chi connectivity index (χ4v) is 2.07. The third-order valence-corrected chi connectivity index (χ3v) is 2.83. The zero-order valence-electron chi connectivity index (χ0n) is 9.68. The monoisotopic (exact) mass is 296 g/mol. The normalized spacial score (nSPS) is 11.9. The molecule has 1 heterocycles. The van der Waals surface area contributed by atoms with E-state index in [1.165, 1.54) is 30.6 Å². The molecule has 1 amide bonds. The number of carbonyl (C=O) groups excluding carboxylic acids is 1. The number of carbonyl (C=O) groups is 1. The van der Waals surface area contributed by atoms with Gasteiger partial charge in [-0.1, -0.05) is 23.2 Å². The van der Waals surface area contributed by atoms with Gasteiger partial charge in [0.1, 0.15) is 0 Å². The largest absolute Gasteiger partial charge is 0.378 e. The number of nitrogens with one attached hydrogen (secondary N) is 1. The van der Waals surface area contributed by atoms with Gasteiger partial charge in [-0.2, -0.15) is 0 Å². The minimum atomic E-state index is -1.34. The van der Waals surface area contributed by atoms with Crippen LogP contribution in [0.2, 0.25) is 10.0 Å². The molecule has 0 spiro atoms. The number of anilines is 1. The number of halogens is 2. The lowest BCUT2D eigenvalue weighted by molar-refractivity contribution is -0.124. The average Bonchev–Trinajstić information content (AvgIpc) is 2.37. The highest BCUT2D eigenvalue weighted by atomic mass is 35.5. The summed E-state index contributed by atoms with van der Waals surface area (Å²) >= 11 is 11.6. The van der Waals surface area contributed by atoms with Crippen molar-refractivity contribution >= 4 is 34.8 Å². The Kier molecular flexibility index (Phi) is 4.37. The number of amides is 1. The molecule has 0 aliphatic carbocycles. The Balaban J connectivity index is 2.15. The summed E-state index contributed by atoms with van der Waals surface area (Å²) in [5.74, 6) is -0.565. The number of aliphatic hydroxyl groups is 1. The quantitative estimate of drug-likeness (QED) is 0.915. The predicted octanol–water partition coefficient (Wildman–Crippen LogP) is 3.06. The number of benzene rings is 1. The van der Waals surface area contributed by atoms with E-state index in [1.807, 2.05) is 0 Å². The van der Waals surface area contributed by atoms with Crippen LogP contribution in [0.5, 0.6) is 0 Å². The van der Waals surface area contributed by atoms with E-state index >= 15 is 0 Å². The second-order valence-corrected chi connectivity index (χ2v) is 4.70. The lowest BCUT2D eigenvalue weighted by atomic mass is 10.1. The van der Waals surface area contributed by atoms with Gasteiger partial charge < -0.3 is 10.4 Å². The molecular formula is C13H10Cl2N2O2. The van der Waals surface area contributed by atoms with Crippen molar-refractivity contribution in [2.75, 3.05) is 5.32 Å². The van der Waals surface area contributed by atoms with Gasteiger partial charge in [-0.3, -0.25) is 9.78 Å². The van der Waals surface area contributed by atoms with Crippen molar-refractivity contribution in [1.29, 1.82) is 0 Å². The van der Waals surface area contributed by atoms with Crippen molar-refractivity contribution in [3.63, 3.8) is 0 Å². The third-order valence-electron chi connectivity index (χ3n) is 2.40. The maximum atomic E-state index is 11.9. The molecule has 0 fully saturated rings. The van der Waals surface area contributed by atoms with Gasteiger partial charge >= 0.3 is 0 Å². The zero-order valence-corrected chi connectivity index (χ0v) is 11.2. The molecule has 0 radical (unpaired) electrons. The number of hydrogen-bond donors (Lipinski definition) is 2. The number of pyridine rings is 1. The lowest BCUT2D eigenvalue weighted by Gasteiger charge is -2.12. The Bertz CT molecular complexity index is 570. The van der Waals surface area contributed by atoms with Crippen LogP contribution in [0.15, 0.2) is 42.7 Å². The molecule has 0 saturated heterocycles. The summed E-state index contributed by atoms with van der Waals surface area (Å²) in [6.07, 6.45) is 1.74. The molecular weight excluding hydrogens is 287 g/mol. The van der Waals surface area contributed by atoms with E-state index in [-0.39, 0.29) is 0 Å². The highest BCUT2D eigenvalue weighted by molar-refractivity contribution is 6.34. The summed E-state index contributed by atoms with van der Waals surface area (Å²) in [6.45, 7) is 0. The fraction of sp³-hybridized carbons (Fsp3) is 0.0769.